The van der Waals surface area contributed by atoms with E-state index in [0.717, 1.165) is 6.54 Å². The fourth-order valence-electron chi connectivity index (χ4n) is 1.87. The number of nitrogens with one attached hydrogen (secondary N) is 1. The zero-order chi connectivity index (χ0) is 8.39. The van der Waals surface area contributed by atoms with Crippen molar-refractivity contribution >= 4 is 0 Å². The summed E-state index contributed by atoms with van der Waals surface area (Å²) in [6.07, 6.45) is 6.45. The molecule has 2 rings (SSSR count). The maximum absolute atomic E-state index is 4.13. The van der Waals surface area contributed by atoms with Crippen LogP contribution in [0.3, 0.4) is 0 Å². The second-order valence-electron chi connectivity index (χ2n) is 3.47. The molecule has 1 N–H and O–H groups in total. The van der Waals surface area contributed by atoms with Crippen LogP contribution >= 0.6 is 0 Å². The van der Waals surface area contributed by atoms with Crippen LogP contribution in [0.4, 0.5) is 0 Å². The lowest BCUT2D eigenvalue weighted by molar-refractivity contribution is 0.447. The van der Waals surface area contributed by atoms with Gasteiger partial charge < -0.3 is 9.88 Å². The van der Waals surface area contributed by atoms with Crippen molar-refractivity contribution < 1.29 is 0 Å². The largest absolute Gasteiger partial charge is 0.337 e. The molecule has 66 valence electrons. The molecule has 1 aromatic heterocycles. The Balaban J connectivity index is 2.13. The summed E-state index contributed by atoms with van der Waals surface area (Å²) in [5, 5.41) is 3.41. The van der Waals surface area contributed by atoms with Crippen LogP contribution in [0.25, 0.3) is 0 Å². The Morgan fingerprint density at radius 3 is 3.17 bits per heavy atom. The first-order valence-corrected chi connectivity index (χ1v) is 4.55. The van der Waals surface area contributed by atoms with Gasteiger partial charge in [-0.15, -0.1) is 0 Å². The van der Waals surface area contributed by atoms with Gasteiger partial charge in [0.15, 0.2) is 0 Å². The van der Waals surface area contributed by atoms with Crippen LogP contribution in [-0.4, -0.2) is 22.6 Å². The van der Waals surface area contributed by atoms with Crippen molar-refractivity contribution in [1.29, 1.82) is 0 Å². The second-order valence-corrected chi connectivity index (χ2v) is 3.47. The van der Waals surface area contributed by atoms with E-state index in [-0.39, 0.29) is 0 Å². The monoisotopic (exact) mass is 165 g/mol. The summed E-state index contributed by atoms with van der Waals surface area (Å²) in [7, 11) is 2.07. The molecule has 1 aliphatic heterocycles. The fraction of sp³-hybridized carbons (Fsp3) is 0.667. The molecule has 1 saturated heterocycles. The Morgan fingerprint density at radius 1 is 1.67 bits per heavy atom. The topological polar surface area (TPSA) is 29.9 Å². The van der Waals surface area contributed by atoms with Crippen LogP contribution in [0, 0.1) is 0 Å². The summed E-state index contributed by atoms with van der Waals surface area (Å²) in [4.78, 5) is 4.13. The predicted molar refractivity (Wildman–Crippen MR) is 48.1 cm³/mol. The van der Waals surface area contributed by atoms with E-state index in [4.69, 9.17) is 0 Å². The van der Waals surface area contributed by atoms with Gasteiger partial charge in [0.05, 0.1) is 6.33 Å². The van der Waals surface area contributed by atoms with Crippen molar-refractivity contribution in [2.24, 2.45) is 7.05 Å². The molecule has 0 aliphatic carbocycles. The lowest BCUT2D eigenvalue weighted by Gasteiger charge is -2.22. The molecule has 2 heterocycles. The Kier molecular flexibility index (Phi) is 2.13. The molecule has 1 aliphatic rings. The number of piperidine rings is 1. The summed E-state index contributed by atoms with van der Waals surface area (Å²) in [5.74, 6) is 0.672. The molecular weight excluding hydrogens is 150 g/mol. The van der Waals surface area contributed by atoms with Crippen molar-refractivity contribution in [2.75, 3.05) is 13.1 Å². The minimum atomic E-state index is 0.672. The molecule has 0 spiro atoms. The number of rotatable bonds is 1. The van der Waals surface area contributed by atoms with E-state index >= 15 is 0 Å². The highest BCUT2D eigenvalue weighted by Crippen LogP contribution is 2.21. The molecule has 3 heteroatoms. The van der Waals surface area contributed by atoms with Crippen LogP contribution in [0.1, 0.15) is 24.5 Å². The van der Waals surface area contributed by atoms with Gasteiger partial charge in [-0.05, 0) is 19.4 Å². The average Bonchev–Trinajstić information content (AvgIpc) is 2.53. The maximum Gasteiger partial charge on any atom is 0.0945 e. The zero-order valence-electron chi connectivity index (χ0n) is 7.45. The number of hydrogen-bond acceptors (Lipinski definition) is 2. The molecule has 0 unspecified atom stereocenters. The highest BCUT2D eigenvalue weighted by molar-refractivity contribution is 5.07. The van der Waals surface area contributed by atoms with Crippen molar-refractivity contribution in [1.82, 2.24) is 14.9 Å². The third-order valence-corrected chi connectivity index (χ3v) is 2.57. The average molecular weight is 165 g/mol. The fourth-order valence-corrected chi connectivity index (χ4v) is 1.87. The SMILES string of the molecule is Cn1cncc1[C@@H]1CCCNC1. The molecule has 12 heavy (non-hydrogen) atoms. The van der Waals surface area contributed by atoms with Gasteiger partial charge in [-0.25, -0.2) is 4.98 Å². The Labute approximate surface area is 72.8 Å². The number of hydrogen-bond donors (Lipinski definition) is 1. The van der Waals surface area contributed by atoms with Gasteiger partial charge in [0, 0.05) is 31.4 Å². The number of aryl methyl sites for hydroxylation is 1. The van der Waals surface area contributed by atoms with Crippen LogP contribution in [0.5, 0.6) is 0 Å². The van der Waals surface area contributed by atoms with E-state index in [2.05, 4.69) is 21.9 Å². The second kappa shape index (κ2) is 3.27. The summed E-state index contributed by atoms with van der Waals surface area (Å²) in [6, 6.07) is 0. The number of nitrogens with zero attached hydrogens (tertiary/aromatic N) is 2. The van der Waals surface area contributed by atoms with Crippen molar-refractivity contribution in [2.45, 2.75) is 18.8 Å². The molecule has 1 fully saturated rings. The first-order valence-electron chi connectivity index (χ1n) is 4.55. The first-order chi connectivity index (χ1) is 5.88. The quantitative estimate of drug-likeness (QED) is 0.669. The molecule has 0 amide bonds. The third-order valence-electron chi connectivity index (χ3n) is 2.57. The first kappa shape index (κ1) is 7.80. The van der Waals surface area contributed by atoms with Crippen molar-refractivity contribution in [3.63, 3.8) is 0 Å². The van der Waals surface area contributed by atoms with E-state index < -0.39 is 0 Å². The lowest BCUT2D eigenvalue weighted by Crippen LogP contribution is -2.29. The standard InChI is InChI=1S/C9H15N3/c1-12-7-11-6-9(12)8-3-2-4-10-5-8/h6-8,10H,2-5H2,1H3/t8-/m1/s1. The van der Waals surface area contributed by atoms with E-state index in [9.17, 15) is 0 Å². The van der Waals surface area contributed by atoms with Crippen LogP contribution in [-0.2, 0) is 7.05 Å². The van der Waals surface area contributed by atoms with Gasteiger partial charge in [0.2, 0.25) is 0 Å². The predicted octanol–water partition coefficient (Wildman–Crippen LogP) is 0.887. The van der Waals surface area contributed by atoms with Crippen LogP contribution in [0.2, 0.25) is 0 Å². The van der Waals surface area contributed by atoms with Crippen LogP contribution in [0.15, 0.2) is 12.5 Å². The van der Waals surface area contributed by atoms with Gasteiger partial charge in [-0.1, -0.05) is 0 Å². The minimum absolute atomic E-state index is 0.672. The van der Waals surface area contributed by atoms with Gasteiger partial charge in [-0.2, -0.15) is 0 Å². The van der Waals surface area contributed by atoms with E-state index in [1.165, 1.54) is 25.1 Å². The zero-order valence-corrected chi connectivity index (χ0v) is 7.45. The molecular formula is C9H15N3. The molecule has 1 aromatic rings. The highest BCUT2D eigenvalue weighted by atomic mass is 15.0. The molecule has 3 nitrogen and oxygen atoms in total. The number of aromatic nitrogens is 2. The van der Waals surface area contributed by atoms with Crippen molar-refractivity contribution in [3.8, 4) is 0 Å². The van der Waals surface area contributed by atoms with Gasteiger partial charge >= 0.3 is 0 Å². The summed E-state index contributed by atoms with van der Waals surface area (Å²) < 4.78 is 2.12. The van der Waals surface area contributed by atoms with E-state index in [1.54, 1.807) is 0 Å². The summed E-state index contributed by atoms with van der Waals surface area (Å²) in [6.45, 7) is 2.29. The van der Waals surface area contributed by atoms with Gasteiger partial charge in [-0.3, -0.25) is 0 Å². The maximum atomic E-state index is 4.13. The van der Waals surface area contributed by atoms with E-state index in [0.29, 0.717) is 5.92 Å². The van der Waals surface area contributed by atoms with Gasteiger partial charge in [0.25, 0.3) is 0 Å². The molecule has 1 atom stereocenters. The minimum Gasteiger partial charge on any atom is -0.337 e. The van der Waals surface area contributed by atoms with Crippen molar-refractivity contribution in [3.05, 3.63) is 18.2 Å². The summed E-state index contributed by atoms with van der Waals surface area (Å²) >= 11 is 0. The number of imidazole rings is 1. The molecule has 0 radical (unpaired) electrons. The normalized spacial score (nSPS) is 24.2. The smallest absolute Gasteiger partial charge is 0.0945 e. The molecule has 0 aromatic carbocycles. The Bertz CT molecular complexity index is 248. The highest BCUT2D eigenvalue weighted by Gasteiger charge is 2.17. The van der Waals surface area contributed by atoms with E-state index in [1.807, 2.05) is 12.5 Å². The summed E-state index contributed by atoms with van der Waals surface area (Å²) in [5.41, 5.74) is 1.36. The lowest BCUT2D eigenvalue weighted by atomic mass is 9.97. The third kappa shape index (κ3) is 1.37. The molecule has 0 saturated carbocycles. The molecule has 0 bridgehead atoms. The Hall–Kier alpha value is -0.830. The Morgan fingerprint density at radius 2 is 2.58 bits per heavy atom. The van der Waals surface area contributed by atoms with Crippen LogP contribution < -0.4 is 5.32 Å². The van der Waals surface area contributed by atoms with Gasteiger partial charge in [0.1, 0.15) is 0 Å².